The van der Waals surface area contributed by atoms with E-state index in [0.717, 1.165) is 61.5 Å². The third kappa shape index (κ3) is 4.64. The number of nitrogens with one attached hydrogen (secondary N) is 1. The molecule has 4 nitrogen and oxygen atoms in total. The van der Waals surface area contributed by atoms with Gasteiger partial charge in [-0.15, -0.1) is 0 Å². The van der Waals surface area contributed by atoms with E-state index < -0.39 is 0 Å². The van der Waals surface area contributed by atoms with E-state index in [1.165, 1.54) is 0 Å². The molecule has 0 aromatic heterocycles. The molecule has 1 amide bonds. The molecular formula is C22H28N2O2. The Morgan fingerprint density at radius 2 is 2.00 bits per heavy atom. The molecule has 0 unspecified atom stereocenters. The number of hydrogen-bond acceptors (Lipinski definition) is 3. The van der Waals surface area contributed by atoms with E-state index in [1.54, 1.807) is 7.11 Å². The Balaban J connectivity index is 1.62. The molecule has 1 saturated heterocycles. The highest BCUT2D eigenvalue weighted by Gasteiger charge is 2.25. The number of hydrogen-bond donors (Lipinski definition) is 1. The Kier molecular flexibility index (Phi) is 6.29. The molecule has 138 valence electrons. The smallest absolute Gasteiger partial charge is 0.228 e. The topological polar surface area (TPSA) is 41.6 Å². The van der Waals surface area contributed by atoms with Crippen LogP contribution in [-0.2, 0) is 4.79 Å². The fraction of sp³-hybridized carbons (Fsp3) is 0.409. The van der Waals surface area contributed by atoms with Gasteiger partial charge in [-0.3, -0.25) is 4.79 Å². The van der Waals surface area contributed by atoms with Gasteiger partial charge in [0.2, 0.25) is 5.91 Å². The summed E-state index contributed by atoms with van der Waals surface area (Å²) >= 11 is 0. The molecule has 2 aromatic carbocycles. The second-order valence-electron chi connectivity index (χ2n) is 6.94. The average Bonchev–Trinajstić information content (AvgIpc) is 2.69. The minimum Gasteiger partial charge on any atom is -0.497 e. The zero-order chi connectivity index (χ0) is 18.4. The predicted molar refractivity (Wildman–Crippen MR) is 107 cm³/mol. The summed E-state index contributed by atoms with van der Waals surface area (Å²) in [6.45, 7) is 5.26. The summed E-state index contributed by atoms with van der Waals surface area (Å²) in [6.07, 6.45) is 3.22. The molecule has 3 rings (SSSR count). The van der Waals surface area contributed by atoms with Crippen molar-refractivity contribution in [2.75, 3.05) is 32.1 Å². The van der Waals surface area contributed by atoms with Crippen LogP contribution in [0.4, 0.5) is 5.69 Å². The number of rotatable bonds is 6. The van der Waals surface area contributed by atoms with Crippen LogP contribution < -0.4 is 10.1 Å². The molecule has 1 atom stereocenters. The number of ether oxygens (including phenoxy) is 1. The Morgan fingerprint density at radius 3 is 2.73 bits per heavy atom. The summed E-state index contributed by atoms with van der Waals surface area (Å²) in [5.41, 5.74) is 3.06. The second kappa shape index (κ2) is 8.86. The number of carbonyl (C=O) groups excluding carboxylic acids is 1. The van der Waals surface area contributed by atoms with E-state index in [1.807, 2.05) is 42.5 Å². The summed E-state index contributed by atoms with van der Waals surface area (Å²) < 4.78 is 5.28. The monoisotopic (exact) mass is 352 g/mol. The van der Waals surface area contributed by atoms with E-state index in [0.29, 0.717) is 0 Å². The maximum Gasteiger partial charge on any atom is 0.228 e. The van der Waals surface area contributed by atoms with Gasteiger partial charge in [-0.2, -0.15) is 0 Å². The van der Waals surface area contributed by atoms with Gasteiger partial charge >= 0.3 is 0 Å². The van der Waals surface area contributed by atoms with Gasteiger partial charge in [-0.1, -0.05) is 31.2 Å². The molecule has 4 heteroatoms. The fourth-order valence-electron chi connectivity index (χ4n) is 3.58. The third-order valence-electron chi connectivity index (χ3n) is 4.97. The van der Waals surface area contributed by atoms with Crippen LogP contribution in [0.3, 0.4) is 0 Å². The molecule has 1 aliphatic rings. The van der Waals surface area contributed by atoms with Crippen molar-refractivity contribution in [3.05, 3.63) is 48.5 Å². The number of anilines is 1. The Morgan fingerprint density at radius 1 is 1.19 bits per heavy atom. The summed E-state index contributed by atoms with van der Waals surface area (Å²) in [4.78, 5) is 15.0. The van der Waals surface area contributed by atoms with E-state index in [4.69, 9.17) is 4.74 Å². The number of likely N-dealkylation sites (tertiary alicyclic amines) is 1. The average molecular weight is 352 g/mol. The van der Waals surface area contributed by atoms with Crippen LogP contribution in [0.1, 0.15) is 26.2 Å². The highest BCUT2D eigenvalue weighted by atomic mass is 16.5. The first-order chi connectivity index (χ1) is 12.7. The minimum absolute atomic E-state index is 0.0911. The van der Waals surface area contributed by atoms with Gasteiger partial charge < -0.3 is 15.0 Å². The molecule has 1 aliphatic heterocycles. The molecule has 1 heterocycles. The standard InChI is InChI=1S/C22H28N2O2/c1-3-13-24-14-5-7-19(16-24)22(25)23-20-11-9-17(10-12-20)18-6-4-8-21(15-18)26-2/h4,6,8-12,15,19H,3,5,7,13-14,16H2,1-2H3,(H,23,25)/t19-/m0/s1. The van der Waals surface area contributed by atoms with Crippen LogP contribution >= 0.6 is 0 Å². The molecule has 26 heavy (non-hydrogen) atoms. The van der Waals surface area contributed by atoms with Gasteiger partial charge in [0, 0.05) is 12.2 Å². The second-order valence-corrected chi connectivity index (χ2v) is 6.94. The largest absolute Gasteiger partial charge is 0.497 e. The van der Waals surface area contributed by atoms with Crippen molar-refractivity contribution in [1.82, 2.24) is 4.90 Å². The summed E-state index contributed by atoms with van der Waals surface area (Å²) in [7, 11) is 1.67. The van der Waals surface area contributed by atoms with E-state index in [-0.39, 0.29) is 11.8 Å². The van der Waals surface area contributed by atoms with Crippen LogP contribution in [0.15, 0.2) is 48.5 Å². The van der Waals surface area contributed by atoms with Gasteiger partial charge in [0.25, 0.3) is 0 Å². The molecule has 1 N–H and O–H groups in total. The third-order valence-corrected chi connectivity index (χ3v) is 4.97. The maximum absolute atomic E-state index is 12.6. The minimum atomic E-state index is 0.0911. The van der Waals surface area contributed by atoms with Gasteiger partial charge in [0.15, 0.2) is 0 Å². The number of amides is 1. The molecule has 0 radical (unpaired) electrons. The quantitative estimate of drug-likeness (QED) is 0.836. The lowest BCUT2D eigenvalue weighted by Gasteiger charge is -2.31. The SMILES string of the molecule is CCCN1CCC[C@H](C(=O)Nc2ccc(-c3cccc(OC)c3)cc2)C1. The molecular weight excluding hydrogens is 324 g/mol. The van der Waals surface area contributed by atoms with Crippen molar-refractivity contribution >= 4 is 11.6 Å². The first-order valence-electron chi connectivity index (χ1n) is 9.47. The predicted octanol–water partition coefficient (Wildman–Crippen LogP) is 4.42. The van der Waals surface area contributed by atoms with Crippen molar-refractivity contribution in [3.63, 3.8) is 0 Å². The van der Waals surface area contributed by atoms with Gasteiger partial charge in [-0.25, -0.2) is 0 Å². The number of benzene rings is 2. The van der Waals surface area contributed by atoms with Crippen LogP contribution in [0.2, 0.25) is 0 Å². The first-order valence-corrected chi connectivity index (χ1v) is 9.47. The Labute approximate surface area is 156 Å². The van der Waals surface area contributed by atoms with Gasteiger partial charge in [0.1, 0.15) is 5.75 Å². The molecule has 0 saturated carbocycles. The fourth-order valence-corrected chi connectivity index (χ4v) is 3.58. The molecule has 2 aromatic rings. The van der Waals surface area contributed by atoms with E-state index >= 15 is 0 Å². The number of methoxy groups -OCH3 is 1. The van der Waals surface area contributed by atoms with Crippen molar-refractivity contribution < 1.29 is 9.53 Å². The lowest BCUT2D eigenvalue weighted by Crippen LogP contribution is -2.40. The highest BCUT2D eigenvalue weighted by Crippen LogP contribution is 2.25. The Bertz CT molecular complexity index is 725. The zero-order valence-corrected chi connectivity index (χ0v) is 15.7. The van der Waals surface area contributed by atoms with Crippen molar-refractivity contribution in [2.45, 2.75) is 26.2 Å². The summed E-state index contributed by atoms with van der Waals surface area (Å²) in [5, 5.41) is 3.09. The molecule has 0 aliphatic carbocycles. The maximum atomic E-state index is 12.6. The Hall–Kier alpha value is -2.33. The number of nitrogens with zero attached hydrogens (tertiary/aromatic N) is 1. The van der Waals surface area contributed by atoms with Crippen molar-refractivity contribution in [1.29, 1.82) is 0 Å². The number of carbonyl (C=O) groups is 1. The normalized spacial score (nSPS) is 17.7. The van der Waals surface area contributed by atoms with E-state index in [2.05, 4.69) is 23.2 Å². The van der Waals surface area contributed by atoms with Crippen LogP contribution in [0.25, 0.3) is 11.1 Å². The van der Waals surface area contributed by atoms with Crippen molar-refractivity contribution in [2.24, 2.45) is 5.92 Å². The summed E-state index contributed by atoms with van der Waals surface area (Å²) in [6, 6.07) is 16.0. The zero-order valence-electron chi connectivity index (χ0n) is 15.7. The molecule has 1 fully saturated rings. The summed E-state index contributed by atoms with van der Waals surface area (Å²) in [5.74, 6) is 1.07. The van der Waals surface area contributed by atoms with Crippen LogP contribution in [0, 0.1) is 5.92 Å². The number of piperidine rings is 1. The lowest BCUT2D eigenvalue weighted by atomic mass is 9.97. The lowest BCUT2D eigenvalue weighted by molar-refractivity contribution is -0.121. The van der Waals surface area contributed by atoms with Crippen molar-refractivity contribution in [3.8, 4) is 16.9 Å². The van der Waals surface area contributed by atoms with Crippen LogP contribution in [-0.4, -0.2) is 37.6 Å². The first kappa shape index (κ1) is 18.5. The van der Waals surface area contributed by atoms with E-state index in [9.17, 15) is 4.79 Å². The highest BCUT2D eigenvalue weighted by molar-refractivity contribution is 5.93. The van der Waals surface area contributed by atoms with Gasteiger partial charge in [-0.05, 0) is 67.7 Å². The molecule has 0 spiro atoms. The molecule has 0 bridgehead atoms. The van der Waals surface area contributed by atoms with Crippen LogP contribution in [0.5, 0.6) is 5.75 Å². The van der Waals surface area contributed by atoms with Gasteiger partial charge in [0.05, 0.1) is 13.0 Å².